The van der Waals surface area contributed by atoms with Gasteiger partial charge in [-0.3, -0.25) is 9.78 Å². The molecule has 0 unspecified atom stereocenters. The van der Waals surface area contributed by atoms with Gasteiger partial charge in [0.2, 0.25) is 5.91 Å². The van der Waals surface area contributed by atoms with Gasteiger partial charge in [-0.25, -0.2) is 0 Å². The van der Waals surface area contributed by atoms with E-state index < -0.39 is 0 Å². The van der Waals surface area contributed by atoms with E-state index >= 15 is 0 Å². The molecule has 5 rings (SSSR count). The number of benzene rings is 2. The van der Waals surface area contributed by atoms with E-state index in [0.29, 0.717) is 0 Å². The van der Waals surface area contributed by atoms with Crippen LogP contribution in [0.15, 0.2) is 73.1 Å². The Hall–Kier alpha value is -3.44. The van der Waals surface area contributed by atoms with E-state index in [2.05, 4.69) is 71.1 Å². The minimum Gasteiger partial charge on any atom is -0.341 e. The number of rotatable bonds is 5. The summed E-state index contributed by atoms with van der Waals surface area (Å²) in [5.41, 5.74) is 4.86. The summed E-state index contributed by atoms with van der Waals surface area (Å²) in [5, 5.41) is 2.50. The number of piperazine rings is 1. The zero-order chi connectivity index (χ0) is 21.9. The third kappa shape index (κ3) is 4.04. The number of amides is 1. The van der Waals surface area contributed by atoms with Crippen LogP contribution in [0.2, 0.25) is 0 Å². The van der Waals surface area contributed by atoms with Gasteiger partial charge in [0.05, 0.1) is 26.2 Å². The lowest BCUT2D eigenvalue weighted by atomic mass is 10.1. The maximum Gasteiger partial charge on any atom is 0.246 e. The van der Waals surface area contributed by atoms with E-state index in [1.54, 1.807) is 6.08 Å². The smallest absolute Gasteiger partial charge is 0.246 e. The number of aromatic nitrogens is 2. The van der Waals surface area contributed by atoms with Crippen molar-refractivity contribution in [1.82, 2.24) is 14.5 Å². The molecule has 1 N–H and O–H groups in total. The first kappa shape index (κ1) is 20.5. The first-order valence-corrected chi connectivity index (χ1v) is 11.4. The van der Waals surface area contributed by atoms with Crippen LogP contribution >= 0.6 is 0 Å². The van der Waals surface area contributed by atoms with Crippen LogP contribution < -0.4 is 4.90 Å². The molecule has 0 spiro atoms. The fourth-order valence-corrected chi connectivity index (χ4v) is 4.80. The van der Waals surface area contributed by atoms with Crippen molar-refractivity contribution >= 4 is 33.8 Å². The second-order valence-corrected chi connectivity index (χ2v) is 8.48. The molecule has 0 atom stereocenters. The molecule has 5 heteroatoms. The van der Waals surface area contributed by atoms with E-state index in [1.165, 1.54) is 32.3 Å². The predicted octanol–water partition coefficient (Wildman–Crippen LogP) is 3.15. The van der Waals surface area contributed by atoms with E-state index in [0.717, 1.165) is 44.8 Å². The summed E-state index contributed by atoms with van der Waals surface area (Å²) in [4.78, 5) is 20.3. The molecule has 1 aliphatic heterocycles. The Morgan fingerprint density at radius 3 is 2.53 bits per heavy atom. The van der Waals surface area contributed by atoms with Gasteiger partial charge < -0.3 is 14.4 Å². The van der Waals surface area contributed by atoms with Crippen molar-refractivity contribution in [3.63, 3.8) is 0 Å². The number of hydrogen-bond acceptors (Lipinski definition) is 2. The third-order valence-corrected chi connectivity index (χ3v) is 6.52. The lowest BCUT2D eigenvalue weighted by Gasteiger charge is -2.31. The van der Waals surface area contributed by atoms with Crippen LogP contribution in [0, 0.1) is 0 Å². The Balaban J connectivity index is 1.26. The normalized spacial score (nSPS) is 15.2. The zero-order valence-corrected chi connectivity index (χ0v) is 18.5. The standard InChI is InChI=1S/C27H28N4O/c1-2-31-25-6-4-3-5-23(25)24-19-21(7-9-26(24)31)8-10-27(32)30-17-15-29(16-18-30)20-22-11-13-28-14-12-22/h3-14,19H,2,15-18,20H2,1H3/p+1/b10-8+. The maximum atomic E-state index is 12.8. The van der Waals surface area contributed by atoms with Crippen molar-refractivity contribution in [3.05, 3.63) is 84.2 Å². The van der Waals surface area contributed by atoms with Crippen molar-refractivity contribution in [2.45, 2.75) is 20.0 Å². The van der Waals surface area contributed by atoms with Gasteiger partial charge in [0, 0.05) is 52.4 Å². The average Bonchev–Trinajstić information content (AvgIpc) is 3.16. The topological polar surface area (TPSA) is 42.6 Å². The molecule has 1 saturated heterocycles. The molecule has 32 heavy (non-hydrogen) atoms. The number of pyridine rings is 1. The van der Waals surface area contributed by atoms with Crippen molar-refractivity contribution in [3.8, 4) is 0 Å². The molecule has 1 fully saturated rings. The second kappa shape index (κ2) is 8.97. The maximum absolute atomic E-state index is 12.8. The van der Waals surface area contributed by atoms with Crippen molar-refractivity contribution in [2.24, 2.45) is 0 Å². The molecule has 162 valence electrons. The Morgan fingerprint density at radius 2 is 1.75 bits per heavy atom. The average molecular weight is 426 g/mol. The van der Waals surface area contributed by atoms with Crippen LogP contribution in [0.4, 0.5) is 0 Å². The number of quaternary nitrogens is 1. The molecule has 0 saturated carbocycles. The van der Waals surface area contributed by atoms with Crippen LogP contribution in [0.5, 0.6) is 0 Å². The molecule has 0 radical (unpaired) electrons. The number of carbonyl (C=O) groups is 1. The minimum atomic E-state index is 0.101. The van der Waals surface area contributed by atoms with Gasteiger partial charge in [0.15, 0.2) is 0 Å². The SMILES string of the molecule is CCn1c2ccccc2c2cc(/C=C/C(=O)N3CC[NH+](Cc4ccncc4)CC3)ccc21. The lowest BCUT2D eigenvalue weighted by Crippen LogP contribution is -3.13. The Kier molecular flexibility index (Phi) is 5.73. The summed E-state index contributed by atoms with van der Waals surface area (Å²) in [6.07, 6.45) is 7.37. The molecule has 2 aromatic carbocycles. The molecule has 1 amide bonds. The quantitative estimate of drug-likeness (QED) is 0.499. The molecule has 1 aliphatic rings. The van der Waals surface area contributed by atoms with Crippen molar-refractivity contribution < 1.29 is 9.69 Å². The summed E-state index contributed by atoms with van der Waals surface area (Å²) < 4.78 is 2.34. The summed E-state index contributed by atoms with van der Waals surface area (Å²) in [5.74, 6) is 0.101. The number of aryl methyl sites for hydroxylation is 1. The van der Waals surface area contributed by atoms with Gasteiger partial charge in [-0.05, 0) is 48.9 Å². The number of nitrogens with one attached hydrogen (secondary N) is 1. The highest BCUT2D eigenvalue weighted by atomic mass is 16.2. The Bertz CT molecular complexity index is 1270. The first-order chi connectivity index (χ1) is 15.7. The van der Waals surface area contributed by atoms with Crippen molar-refractivity contribution in [2.75, 3.05) is 26.2 Å². The zero-order valence-electron chi connectivity index (χ0n) is 18.5. The van der Waals surface area contributed by atoms with Crippen LogP contribution in [-0.4, -0.2) is 46.5 Å². The molecule has 5 nitrogen and oxygen atoms in total. The third-order valence-electron chi connectivity index (χ3n) is 6.52. The monoisotopic (exact) mass is 425 g/mol. The molecular formula is C27H29N4O+. The highest BCUT2D eigenvalue weighted by Crippen LogP contribution is 2.29. The predicted molar refractivity (Wildman–Crippen MR) is 129 cm³/mol. The molecular weight excluding hydrogens is 396 g/mol. The minimum absolute atomic E-state index is 0.101. The fourth-order valence-electron chi connectivity index (χ4n) is 4.80. The van der Waals surface area contributed by atoms with Crippen LogP contribution in [0.25, 0.3) is 27.9 Å². The highest BCUT2D eigenvalue weighted by Gasteiger charge is 2.22. The highest BCUT2D eigenvalue weighted by molar-refractivity contribution is 6.08. The van der Waals surface area contributed by atoms with E-state index in [1.807, 2.05) is 23.4 Å². The van der Waals surface area contributed by atoms with Gasteiger partial charge in [0.1, 0.15) is 6.54 Å². The largest absolute Gasteiger partial charge is 0.341 e. The lowest BCUT2D eigenvalue weighted by molar-refractivity contribution is -0.917. The van der Waals surface area contributed by atoms with Crippen LogP contribution in [-0.2, 0) is 17.9 Å². The molecule has 2 aromatic heterocycles. The van der Waals surface area contributed by atoms with Crippen molar-refractivity contribution in [1.29, 1.82) is 0 Å². The Labute approximate surface area is 188 Å². The molecule has 4 aromatic rings. The Morgan fingerprint density at radius 1 is 1.00 bits per heavy atom. The summed E-state index contributed by atoms with van der Waals surface area (Å²) in [7, 11) is 0. The number of carbonyl (C=O) groups excluding carboxylic acids is 1. The first-order valence-electron chi connectivity index (χ1n) is 11.4. The number of nitrogens with zero attached hydrogens (tertiary/aromatic N) is 3. The summed E-state index contributed by atoms with van der Waals surface area (Å²) in [6, 6.07) is 19.1. The van der Waals surface area contributed by atoms with E-state index in [-0.39, 0.29) is 5.91 Å². The van der Waals surface area contributed by atoms with E-state index in [9.17, 15) is 4.79 Å². The van der Waals surface area contributed by atoms with Gasteiger partial charge in [-0.1, -0.05) is 24.3 Å². The number of hydrogen-bond donors (Lipinski definition) is 1. The van der Waals surface area contributed by atoms with Crippen LogP contribution in [0.1, 0.15) is 18.1 Å². The van der Waals surface area contributed by atoms with Gasteiger partial charge in [0.25, 0.3) is 0 Å². The second-order valence-electron chi connectivity index (χ2n) is 8.48. The van der Waals surface area contributed by atoms with Crippen LogP contribution in [0.3, 0.4) is 0 Å². The number of fused-ring (bicyclic) bond motifs is 3. The van der Waals surface area contributed by atoms with Gasteiger partial charge in [-0.2, -0.15) is 0 Å². The molecule has 0 bridgehead atoms. The van der Waals surface area contributed by atoms with Gasteiger partial charge >= 0.3 is 0 Å². The van der Waals surface area contributed by atoms with Gasteiger partial charge in [-0.15, -0.1) is 0 Å². The summed E-state index contributed by atoms with van der Waals surface area (Å²) >= 11 is 0. The molecule has 3 heterocycles. The molecule has 0 aliphatic carbocycles. The van der Waals surface area contributed by atoms with E-state index in [4.69, 9.17) is 0 Å². The summed E-state index contributed by atoms with van der Waals surface area (Å²) in [6.45, 7) is 7.66. The number of para-hydroxylation sites is 1. The fraction of sp³-hybridized carbons (Fsp3) is 0.259.